The summed E-state index contributed by atoms with van der Waals surface area (Å²) in [6, 6.07) is 2.45. The molecule has 0 bridgehead atoms. The summed E-state index contributed by atoms with van der Waals surface area (Å²) < 4.78 is 5.17. The standard InChI is InChI=1S/C17H24N4O4/c1-2-20-7-3-5-12(20)10-18-15(22)9-14-16(23)21(17(24)19-14)11-13-6-4-8-25-13/h4,6,8,12,14H,2-3,5,7,9-11H2,1H3,(H,18,22)(H,19,24)/t12-,14+/m0/s1. The Balaban J connectivity index is 1.48. The molecule has 8 nitrogen and oxygen atoms in total. The summed E-state index contributed by atoms with van der Waals surface area (Å²) in [7, 11) is 0. The van der Waals surface area contributed by atoms with Gasteiger partial charge in [-0.3, -0.25) is 19.4 Å². The van der Waals surface area contributed by atoms with Crippen LogP contribution in [0, 0.1) is 0 Å². The van der Waals surface area contributed by atoms with Crippen molar-refractivity contribution >= 4 is 17.8 Å². The lowest BCUT2D eigenvalue weighted by Crippen LogP contribution is -2.42. The monoisotopic (exact) mass is 348 g/mol. The lowest BCUT2D eigenvalue weighted by molar-refractivity contribution is -0.131. The molecule has 2 aliphatic rings. The maximum Gasteiger partial charge on any atom is 0.325 e. The second-order valence-corrected chi connectivity index (χ2v) is 6.44. The molecule has 2 fully saturated rings. The van der Waals surface area contributed by atoms with E-state index in [-0.39, 0.29) is 18.9 Å². The smallest absolute Gasteiger partial charge is 0.325 e. The fourth-order valence-electron chi connectivity index (χ4n) is 3.46. The van der Waals surface area contributed by atoms with Gasteiger partial charge in [-0.15, -0.1) is 0 Å². The molecule has 1 aromatic heterocycles. The molecule has 1 aromatic rings. The van der Waals surface area contributed by atoms with E-state index in [1.807, 2.05) is 0 Å². The van der Waals surface area contributed by atoms with Crippen LogP contribution in [0.3, 0.4) is 0 Å². The molecule has 2 atom stereocenters. The predicted molar refractivity (Wildman–Crippen MR) is 89.5 cm³/mol. The van der Waals surface area contributed by atoms with E-state index in [0.717, 1.165) is 30.8 Å². The minimum Gasteiger partial charge on any atom is -0.467 e. The van der Waals surface area contributed by atoms with Crippen LogP contribution in [0.15, 0.2) is 22.8 Å². The normalized spacial score (nSPS) is 24.0. The zero-order chi connectivity index (χ0) is 17.8. The largest absolute Gasteiger partial charge is 0.467 e. The fraction of sp³-hybridized carbons (Fsp3) is 0.588. The Bertz CT molecular complexity index is 631. The molecule has 2 aliphatic heterocycles. The summed E-state index contributed by atoms with van der Waals surface area (Å²) in [4.78, 5) is 39.9. The van der Waals surface area contributed by atoms with Gasteiger partial charge in [-0.05, 0) is 38.1 Å². The van der Waals surface area contributed by atoms with Gasteiger partial charge in [-0.1, -0.05) is 6.92 Å². The highest BCUT2D eigenvalue weighted by atomic mass is 16.3. The first-order valence-electron chi connectivity index (χ1n) is 8.73. The highest BCUT2D eigenvalue weighted by molar-refractivity contribution is 6.05. The zero-order valence-electron chi connectivity index (χ0n) is 14.4. The van der Waals surface area contributed by atoms with Crippen LogP contribution < -0.4 is 10.6 Å². The highest BCUT2D eigenvalue weighted by Crippen LogP contribution is 2.16. The summed E-state index contributed by atoms with van der Waals surface area (Å²) in [6.45, 7) is 4.80. The second kappa shape index (κ2) is 7.69. The molecule has 0 aromatic carbocycles. The molecule has 4 amide bonds. The molecule has 0 saturated carbocycles. The van der Waals surface area contributed by atoms with Gasteiger partial charge in [0.2, 0.25) is 5.91 Å². The Labute approximate surface area is 146 Å². The van der Waals surface area contributed by atoms with Crippen molar-refractivity contribution in [2.45, 2.75) is 44.8 Å². The van der Waals surface area contributed by atoms with E-state index >= 15 is 0 Å². The summed E-state index contributed by atoms with van der Waals surface area (Å²) >= 11 is 0. The number of likely N-dealkylation sites (N-methyl/N-ethyl adjacent to an activating group) is 1. The van der Waals surface area contributed by atoms with Gasteiger partial charge in [0.1, 0.15) is 11.8 Å². The Kier molecular flexibility index (Phi) is 5.37. The van der Waals surface area contributed by atoms with Gasteiger partial charge in [0, 0.05) is 12.6 Å². The van der Waals surface area contributed by atoms with Crippen LogP contribution in [0.1, 0.15) is 31.9 Å². The first-order valence-corrected chi connectivity index (χ1v) is 8.73. The quantitative estimate of drug-likeness (QED) is 0.707. The second-order valence-electron chi connectivity index (χ2n) is 6.44. The maximum atomic E-state index is 12.3. The summed E-state index contributed by atoms with van der Waals surface area (Å²) in [5.74, 6) is -0.0939. The van der Waals surface area contributed by atoms with Crippen LogP contribution in [0.5, 0.6) is 0 Å². The third-order valence-corrected chi connectivity index (χ3v) is 4.83. The molecular formula is C17H24N4O4. The summed E-state index contributed by atoms with van der Waals surface area (Å²) in [5, 5.41) is 5.46. The van der Waals surface area contributed by atoms with Gasteiger partial charge in [-0.25, -0.2) is 4.79 Å². The van der Waals surface area contributed by atoms with Gasteiger partial charge in [0.25, 0.3) is 5.91 Å². The van der Waals surface area contributed by atoms with E-state index in [4.69, 9.17) is 4.42 Å². The van der Waals surface area contributed by atoms with Gasteiger partial charge < -0.3 is 15.1 Å². The van der Waals surface area contributed by atoms with Crippen molar-refractivity contribution in [2.24, 2.45) is 0 Å². The minimum absolute atomic E-state index is 0.0436. The van der Waals surface area contributed by atoms with Crippen LogP contribution in [0.2, 0.25) is 0 Å². The Morgan fingerprint density at radius 3 is 3.00 bits per heavy atom. The number of carbonyl (C=O) groups is 3. The molecule has 0 unspecified atom stereocenters. The Morgan fingerprint density at radius 2 is 2.28 bits per heavy atom. The number of hydrogen-bond donors (Lipinski definition) is 2. The van der Waals surface area contributed by atoms with Crippen LogP contribution >= 0.6 is 0 Å². The molecule has 3 heterocycles. The summed E-state index contributed by atoms with van der Waals surface area (Å²) in [5.41, 5.74) is 0. The van der Waals surface area contributed by atoms with E-state index in [0.29, 0.717) is 18.3 Å². The Hall–Kier alpha value is -2.35. The van der Waals surface area contributed by atoms with Crippen LogP contribution in [-0.4, -0.2) is 59.4 Å². The predicted octanol–water partition coefficient (Wildman–Crippen LogP) is 0.691. The van der Waals surface area contributed by atoms with Crippen molar-refractivity contribution in [3.63, 3.8) is 0 Å². The van der Waals surface area contributed by atoms with Gasteiger partial charge in [0.15, 0.2) is 0 Å². The average molecular weight is 348 g/mol. The molecule has 0 radical (unpaired) electrons. The third-order valence-electron chi connectivity index (χ3n) is 4.83. The molecule has 8 heteroatoms. The fourth-order valence-corrected chi connectivity index (χ4v) is 3.46. The number of hydrogen-bond acceptors (Lipinski definition) is 5. The first-order chi connectivity index (χ1) is 12.1. The number of amides is 4. The lowest BCUT2D eigenvalue weighted by Gasteiger charge is -2.23. The van der Waals surface area contributed by atoms with Crippen molar-refractivity contribution in [1.82, 2.24) is 20.4 Å². The van der Waals surface area contributed by atoms with Gasteiger partial charge >= 0.3 is 6.03 Å². The van der Waals surface area contributed by atoms with Gasteiger partial charge in [-0.2, -0.15) is 0 Å². The number of imide groups is 1. The molecule has 0 spiro atoms. The average Bonchev–Trinajstić information content (AvgIpc) is 3.31. The molecule has 2 N–H and O–H groups in total. The summed E-state index contributed by atoms with van der Waals surface area (Å²) in [6.07, 6.45) is 3.66. The molecule has 2 saturated heterocycles. The first kappa shape index (κ1) is 17.5. The van der Waals surface area contributed by atoms with Crippen LogP contribution in [-0.2, 0) is 16.1 Å². The number of nitrogens with one attached hydrogen (secondary N) is 2. The molecule has 136 valence electrons. The number of nitrogens with zero attached hydrogens (tertiary/aromatic N) is 2. The van der Waals surface area contributed by atoms with Crippen LogP contribution in [0.25, 0.3) is 0 Å². The van der Waals surface area contributed by atoms with Crippen molar-refractivity contribution in [3.8, 4) is 0 Å². The zero-order valence-corrected chi connectivity index (χ0v) is 14.4. The topological polar surface area (TPSA) is 94.9 Å². The third kappa shape index (κ3) is 4.01. The number of rotatable bonds is 7. The van der Waals surface area contributed by atoms with E-state index in [2.05, 4.69) is 22.5 Å². The van der Waals surface area contributed by atoms with Crippen LogP contribution in [0.4, 0.5) is 4.79 Å². The molecule has 25 heavy (non-hydrogen) atoms. The number of carbonyl (C=O) groups excluding carboxylic acids is 3. The molecule has 3 rings (SSSR count). The number of furan rings is 1. The van der Waals surface area contributed by atoms with E-state index in [1.165, 1.54) is 6.26 Å². The van der Waals surface area contributed by atoms with E-state index < -0.39 is 18.0 Å². The maximum absolute atomic E-state index is 12.3. The lowest BCUT2D eigenvalue weighted by atomic mass is 10.1. The van der Waals surface area contributed by atoms with Crippen molar-refractivity contribution in [1.29, 1.82) is 0 Å². The van der Waals surface area contributed by atoms with Crippen molar-refractivity contribution in [2.75, 3.05) is 19.6 Å². The van der Waals surface area contributed by atoms with Gasteiger partial charge in [0.05, 0.1) is 19.2 Å². The van der Waals surface area contributed by atoms with Crippen molar-refractivity contribution < 1.29 is 18.8 Å². The highest BCUT2D eigenvalue weighted by Gasteiger charge is 2.39. The van der Waals surface area contributed by atoms with E-state index in [1.54, 1.807) is 12.1 Å². The number of urea groups is 1. The minimum atomic E-state index is -0.812. The van der Waals surface area contributed by atoms with E-state index in [9.17, 15) is 14.4 Å². The van der Waals surface area contributed by atoms with Crippen molar-refractivity contribution in [3.05, 3.63) is 24.2 Å². The SMILES string of the molecule is CCN1CCC[C@H]1CNC(=O)C[C@H]1NC(=O)N(Cc2ccco2)C1=O. The molecule has 0 aliphatic carbocycles. The molecular weight excluding hydrogens is 324 g/mol. The Morgan fingerprint density at radius 1 is 1.44 bits per heavy atom. The number of likely N-dealkylation sites (tertiary alicyclic amines) is 1.